The minimum Gasteiger partial charge on any atom is -0.352 e. The molecule has 132 valence electrons. The van der Waals surface area contributed by atoms with Gasteiger partial charge in [0.25, 0.3) is 5.56 Å². The highest BCUT2D eigenvalue weighted by molar-refractivity contribution is 8.00. The van der Waals surface area contributed by atoms with Crippen LogP contribution in [0, 0.1) is 0 Å². The third kappa shape index (κ3) is 3.95. The number of para-hydroxylation sites is 1. The highest BCUT2D eigenvalue weighted by atomic mass is 32.2. The molecular formula is C19H23N3O2S. The number of allylic oxidation sites excluding steroid dienone is 1. The quantitative estimate of drug-likeness (QED) is 0.490. The summed E-state index contributed by atoms with van der Waals surface area (Å²) >= 11 is 1.32. The van der Waals surface area contributed by atoms with Crippen molar-refractivity contribution < 1.29 is 4.79 Å². The summed E-state index contributed by atoms with van der Waals surface area (Å²) in [6.45, 7) is 5.95. The fraction of sp³-hybridized carbons (Fsp3) is 0.421. The van der Waals surface area contributed by atoms with Gasteiger partial charge in [-0.15, -0.1) is 6.58 Å². The number of carbonyl (C=O) groups excluding carboxylic acids is 1. The van der Waals surface area contributed by atoms with Crippen LogP contribution in [0.5, 0.6) is 0 Å². The van der Waals surface area contributed by atoms with Crippen molar-refractivity contribution in [3.05, 3.63) is 47.3 Å². The highest BCUT2D eigenvalue weighted by Gasteiger charge is 2.23. The zero-order valence-electron chi connectivity index (χ0n) is 14.4. The van der Waals surface area contributed by atoms with Gasteiger partial charge in [0.1, 0.15) is 0 Å². The van der Waals surface area contributed by atoms with Crippen LogP contribution in [0.4, 0.5) is 0 Å². The molecule has 1 saturated carbocycles. The zero-order valence-corrected chi connectivity index (χ0v) is 15.2. The van der Waals surface area contributed by atoms with Gasteiger partial charge in [0.05, 0.1) is 16.2 Å². The Bertz CT molecular complexity index is 840. The van der Waals surface area contributed by atoms with E-state index in [0.29, 0.717) is 22.6 Å². The first kappa shape index (κ1) is 17.7. The van der Waals surface area contributed by atoms with Crippen LogP contribution in [-0.2, 0) is 11.3 Å². The predicted octanol–water partition coefficient (Wildman–Crippen LogP) is 3.12. The zero-order chi connectivity index (χ0) is 17.8. The van der Waals surface area contributed by atoms with Crippen LogP contribution in [-0.4, -0.2) is 26.8 Å². The van der Waals surface area contributed by atoms with E-state index in [1.54, 1.807) is 16.7 Å². The lowest BCUT2D eigenvalue weighted by molar-refractivity contribution is -0.120. The number of nitrogens with one attached hydrogen (secondary N) is 1. The van der Waals surface area contributed by atoms with Gasteiger partial charge in [-0.3, -0.25) is 14.2 Å². The standard InChI is InChI=1S/C19H23N3O2S/c1-3-12-22-18(24)15-10-6-7-11-16(15)21-19(22)25-13(2)17(23)20-14-8-4-5-9-14/h3,6-7,10-11,13-14H,1,4-5,8-9,12H2,2H3,(H,20,23)/t13-/m1/s1. The third-order valence-electron chi connectivity index (χ3n) is 4.49. The molecule has 5 nitrogen and oxygen atoms in total. The number of rotatable bonds is 6. The molecule has 2 aromatic rings. The molecule has 3 rings (SSSR count). The van der Waals surface area contributed by atoms with E-state index in [0.717, 1.165) is 12.8 Å². The number of amides is 1. The molecule has 1 N–H and O–H groups in total. The maximum atomic E-state index is 12.7. The lowest BCUT2D eigenvalue weighted by Gasteiger charge is -2.18. The number of hydrogen-bond donors (Lipinski definition) is 1. The second-order valence-electron chi connectivity index (χ2n) is 6.37. The summed E-state index contributed by atoms with van der Waals surface area (Å²) < 4.78 is 1.58. The molecule has 1 amide bonds. The Kier molecular flexibility index (Phi) is 5.58. The lowest BCUT2D eigenvalue weighted by Crippen LogP contribution is -2.38. The van der Waals surface area contributed by atoms with E-state index >= 15 is 0 Å². The molecule has 1 aliphatic carbocycles. The Morgan fingerprint density at radius 1 is 1.44 bits per heavy atom. The van der Waals surface area contributed by atoms with Crippen molar-refractivity contribution in [3.8, 4) is 0 Å². The van der Waals surface area contributed by atoms with Crippen molar-refractivity contribution in [2.24, 2.45) is 0 Å². The van der Waals surface area contributed by atoms with E-state index in [1.807, 2.05) is 25.1 Å². The van der Waals surface area contributed by atoms with Crippen molar-refractivity contribution in [1.29, 1.82) is 0 Å². The van der Waals surface area contributed by atoms with E-state index in [9.17, 15) is 9.59 Å². The number of carbonyl (C=O) groups is 1. The summed E-state index contributed by atoms with van der Waals surface area (Å²) in [5.74, 6) is 0.00413. The molecule has 0 bridgehead atoms. The largest absolute Gasteiger partial charge is 0.352 e. The van der Waals surface area contributed by atoms with Crippen LogP contribution >= 0.6 is 11.8 Å². The maximum Gasteiger partial charge on any atom is 0.262 e. The Labute approximate surface area is 151 Å². The average Bonchev–Trinajstić information content (AvgIpc) is 3.11. The molecule has 1 aliphatic rings. The van der Waals surface area contributed by atoms with Crippen molar-refractivity contribution in [2.75, 3.05) is 0 Å². The summed E-state index contributed by atoms with van der Waals surface area (Å²) in [4.78, 5) is 29.8. The molecule has 1 aromatic carbocycles. The highest BCUT2D eigenvalue weighted by Crippen LogP contribution is 2.24. The molecule has 0 spiro atoms. The first-order valence-electron chi connectivity index (χ1n) is 8.67. The van der Waals surface area contributed by atoms with Gasteiger partial charge in [-0.1, -0.05) is 42.8 Å². The molecule has 1 atom stereocenters. The number of thioether (sulfide) groups is 1. The van der Waals surface area contributed by atoms with E-state index in [4.69, 9.17) is 0 Å². The molecule has 6 heteroatoms. The minimum atomic E-state index is -0.315. The first-order chi connectivity index (χ1) is 12.1. The van der Waals surface area contributed by atoms with Crippen LogP contribution in [0.2, 0.25) is 0 Å². The number of nitrogens with zero attached hydrogens (tertiary/aromatic N) is 2. The van der Waals surface area contributed by atoms with Gasteiger partial charge in [0.2, 0.25) is 5.91 Å². The first-order valence-corrected chi connectivity index (χ1v) is 9.55. The molecule has 0 unspecified atom stereocenters. The van der Waals surface area contributed by atoms with Gasteiger partial charge < -0.3 is 5.32 Å². The average molecular weight is 357 g/mol. The molecule has 1 aromatic heterocycles. The minimum absolute atomic E-state index is 0.00413. The Balaban J connectivity index is 1.86. The smallest absolute Gasteiger partial charge is 0.262 e. The van der Waals surface area contributed by atoms with Crippen LogP contribution in [0.25, 0.3) is 10.9 Å². The van der Waals surface area contributed by atoms with Crippen molar-refractivity contribution in [1.82, 2.24) is 14.9 Å². The molecule has 0 radical (unpaired) electrons. The van der Waals surface area contributed by atoms with Gasteiger partial charge >= 0.3 is 0 Å². The summed E-state index contributed by atoms with van der Waals surface area (Å²) in [5.41, 5.74) is 0.551. The topological polar surface area (TPSA) is 64.0 Å². The number of aromatic nitrogens is 2. The molecule has 1 heterocycles. The fourth-order valence-corrected chi connectivity index (χ4v) is 4.06. The van der Waals surface area contributed by atoms with Crippen LogP contribution in [0.1, 0.15) is 32.6 Å². The SMILES string of the molecule is C=CCn1c(S[C@H](C)C(=O)NC2CCCC2)nc2ccccc2c1=O. The van der Waals surface area contributed by atoms with Gasteiger partial charge in [-0.25, -0.2) is 4.98 Å². The normalized spacial score (nSPS) is 16.0. The van der Waals surface area contributed by atoms with Gasteiger partial charge in [-0.2, -0.15) is 0 Å². The third-order valence-corrected chi connectivity index (χ3v) is 5.58. The molecule has 1 fully saturated rings. The molecule has 0 aliphatic heterocycles. The van der Waals surface area contributed by atoms with Crippen molar-refractivity contribution >= 4 is 28.6 Å². The van der Waals surface area contributed by atoms with Gasteiger partial charge in [-0.05, 0) is 31.9 Å². The molecule has 0 saturated heterocycles. The van der Waals surface area contributed by atoms with E-state index in [2.05, 4.69) is 16.9 Å². The Morgan fingerprint density at radius 3 is 2.88 bits per heavy atom. The van der Waals surface area contributed by atoms with Crippen LogP contribution in [0.3, 0.4) is 0 Å². The van der Waals surface area contributed by atoms with E-state index in [1.165, 1.54) is 24.6 Å². The number of fused-ring (bicyclic) bond motifs is 1. The van der Waals surface area contributed by atoms with Gasteiger partial charge in [0, 0.05) is 12.6 Å². The second kappa shape index (κ2) is 7.87. The molecular weight excluding hydrogens is 334 g/mol. The predicted molar refractivity (Wildman–Crippen MR) is 102 cm³/mol. The van der Waals surface area contributed by atoms with Crippen LogP contribution in [0.15, 0.2) is 46.9 Å². The fourth-order valence-electron chi connectivity index (χ4n) is 3.13. The number of hydrogen-bond acceptors (Lipinski definition) is 4. The molecule has 25 heavy (non-hydrogen) atoms. The maximum absolute atomic E-state index is 12.7. The van der Waals surface area contributed by atoms with Crippen molar-refractivity contribution in [3.63, 3.8) is 0 Å². The van der Waals surface area contributed by atoms with E-state index < -0.39 is 0 Å². The lowest BCUT2D eigenvalue weighted by atomic mass is 10.2. The monoisotopic (exact) mass is 357 g/mol. The number of benzene rings is 1. The Hall–Kier alpha value is -2.08. The van der Waals surface area contributed by atoms with E-state index in [-0.39, 0.29) is 22.8 Å². The summed E-state index contributed by atoms with van der Waals surface area (Å²) in [5, 5.41) is 3.93. The van der Waals surface area contributed by atoms with Crippen LogP contribution < -0.4 is 10.9 Å². The summed E-state index contributed by atoms with van der Waals surface area (Å²) in [6.07, 6.45) is 6.14. The second-order valence-corrected chi connectivity index (χ2v) is 7.67. The Morgan fingerprint density at radius 2 is 2.16 bits per heavy atom. The van der Waals surface area contributed by atoms with Crippen molar-refractivity contribution in [2.45, 2.75) is 55.6 Å². The summed E-state index contributed by atoms with van der Waals surface area (Å²) in [6, 6.07) is 7.57. The van der Waals surface area contributed by atoms with Gasteiger partial charge in [0.15, 0.2) is 5.16 Å². The summed E-state index contributed by atoms with van der Waals surface area (Å²) in [7, 11) is 0.